The highest BCUT2D eigenvalue weighted by molar-refractivity contribution is 5.26. The zero-order valence-electron chi connectivity index (χ0n) is 12.5. The molecule has 0 atom stereocenters. The standard InChI is InChI=1S/C16H25FN2O/c1-12(2)18-9-14-8-15(17)10-19-16(14)20-11-13-6-4-3-5-7-13/h8,10,12-13,18H,3-7,9,11H2,1-2H3. The highest BCUT2D eigenvalue weighted by atomic mass is 19.1. The van der Waals surface area contributed by atoms with Crippen molar-refractivity contribution in [1.29, 1.82) is 0 Å². The number of nitrogens with zero attached hydrogens (tertiary/aromatic N) is 1. The molecular weight excluding hydrogens is 255 g/mol. The Kier molecular flexibility index (Phi) is 5.77. The summed E-state index contributed by atoms with van der Waals surface area (Å²) in [5.41, 5.74) is 0.800. The first-order valence-corrected chi connectivity index (χ1v) is 7.65. The van der Waals surface area contributed by atoms with Crippen molar-refractivity contribution in [3.63, 3.8) is 0 Å². The van der Waals surface area contributed by atoms with E-state index in [2.05, 4.69) is 24.1 Å². The normalized spacial score (nSPS) is 16.6. The average Bonchev–Trinajstić information content (AvgIpc) is 2.45. The van der Waals surface area contributed by atoms with Crippen molar-refractivity contribution in [1.82, 2.24) is 10.3 Å². The maximum Gasteiger partial charge on any atom is 0.218 e. The molecule has 0 amide bonds. The predicted molar refractivity (Wildman–Crippen MR) is 78.2 cm³/mol. The van der Waals surface area contributed by atoms with E-state index in [0.717, 1.165) is 5.56 Å². The molecule has 0 spiro atoms. The van der Waals surface area contributed by atoms with Crippen molar-refractivity contribution in [2.24, 2.45) is 5.92 Å². The molecule has 0 aliphatic heterocycles. The lowest BCUT2D eigenvalue weighted by atomic mass is 9.90. The van der Waals surface area contributed by atoms with Crippen LogP contribution in [0.3, 0.4) is 0 Å². The van der Waals surface area contributed by atoms with Crippen LogP contribution in [-0.2, 0) is 6.54 Å². The van der Waals surface area contributed by atoms with E-state index < -0.39 is 0 Å². The van der Waals surface area contributed by atoms with E-state index >= 15 is 0 Å². The zero-order valence-corrected chi connectivity index (χ0v) is 12.5. The molecular formula is C16H25FN2O. The summed E-state index contributed by atoms with van der Waals surface area (Å²) in [5, 5.41) is 3.28. The Bertz CT molecular complexity index is 417. The van der Waals surface area contributed by atoms with E-state index in [-0.39, 0.29) is 5.82 Å². The van der Waals surface area contributed by atoms with Gasteiger partial charge in [-0.15, -0.1) is 0 Å². The van der Waals surface area contributed by atoms with Crippen LogP contribution < -0.4 is 10.1 Å². The molecule has 20 heavy (non-hydrogen) atoms. The number of hydrogen-bond acceptors (Lipinski definition) is 3. The Balaban J connectivity index is 1.94. The van der Waals surface area contributed by atoms with Crippen LogP contribution in [0.2, 0.25) is 0 Å². The number of aromatic nitrogens is 1. The molecule has 1 saturated carbocycles. The first-order chi connectivity index (χ1) is 9.65. The molecule has 0 bridgehead atoms. The number of rotatable bonds is 6. The van der Waals surface area contributed by atoms with Gasteiger partial charge in [-0.2, -0.15) is 0 Å². The summed E-state index contributed by atoms with van der Waals surface area (Å²) >= 11 is 0. The van der Waals surface area contributed by atoms with Gasteiger partial charge >= 0.3 is 0 Å². The van der Waals surface area contributed by atoms with Crippen molar-refractivity contribution in [2.45, 2.75) is 58.5 Å². The van der Waals surface area contributed by atoms with Crippen LogP contribution in [0.25, 0.3) is 0 Å². The third kappa shape index (κ3) is 4.75. The molecule has 0 unspecified atom stereocenters. The minimum absolute atomic E-state index is 0.310. The highest BCUT2D eigenvalue weighted by Gasteiger charge is 2.15. The molecule has 2 rings (SSSR count). The second-order valence-corrected chi connectivity index (χ2v) is 5.97. The molecule has 1 aliphatic rings. The van der Waals surface area contributed by atoms with Crippen LogP contribution in [0.4, 0.5) is 4.39 Å². The molecule has 1 aromatic heterocycles. The topological polar surface area (TPSA) is 34.2 Å². The minimum Gasteiger partial charge on any atom is -0.477 e. The molecule has 112 valence electrons. The quantitative estimate of drug-likeness (QED) is 0.863. The summed E-state index contributed by atoms with van der Waals surface area (Å²) in [6.07, 6.45) is 7.64. The maximum atomic E-state index is 13.3. The lowest BCUT2D eigenvalue weighted by molar-refractivity contribution is 0.200. The van der Waals surface area contributed by atoms with E-state index in [1.807, 2.05) is 0 Å². The number of hydrogen-bond donors (Lipinski definition) is 1. The van der Waals surface area contributed by atoms with E-state index in [9.17, 15) is 4.39 Å². The predicted octanol–water partition coefficient (Wildman–Crippen LogP) is 3.68. The third-order valence-electron chi connectivity index (χ3n) is 3.77. The number of pyridine rings is 1. The van der Waals surface area contributed by atoms with Gasteiger partial charge in [-0.05, 0) is 24.8 Å². The highest BCUT2D eigenvalue weighted by Crippen LogP contribution is 2.25. The molecule has 1 N–H and O–H groups in total. The molecule has 0 radical (unpaired) electrons. The summed E-state index contributed by atoms with van der Waals surface area (Å²) in [7, 11) is 0. The van der Waals surface area contributed by atoms with Gasteiger partial charge in [0.1, 0.15) is 5.82 Å². The first-order valence-electron chi connectivity index (χ1n) is 7.65. The van der Waals surface area contributed by atoms with Gasteiger partial charge in [-0.25, -0.2) is 9.37 Å². The largest absolute Gasteiger partial charge is 0.477 e. The summed E-state index contributed by atoms with van der Waals surface area (Å²) in [6.45, 7) is 5.42. The molecule has 0 saturated heterocycles. The minimum atomic E-state index is -0.310. The monoisotopic (exact) mass is 280 g/mol. The van der Waals surface area contributed by atoms with E-state index in [1.165, 1.54) is 44.4 Å². The van der Waals surface area contributed by atoms with Crippen molar-refractivity contribution in [3.05, 3.63) is 23.6 Å². The van der Waals surface area contributed by atoms with E-state index in [4.69, 9.17) is 4.74 Å². The van der Waals surface area contributed by atoms with E-state index in [0.29, 0.717) is 31.0 Å². The summed E-state index contributed by atoms with van der Waals surface area (Å²) in [4.78, 5) is 4.10. The number of halogens is 1. The van der Waals surface area contributed by atoms with Crippen LogP contribution in [0.15, 0.2) is 12.3 Å². The zero-order chi connectivity index (χ0) is 14.4. The second-order valence-electron chi connectivity index (χ2n) is 5.97. The fraction of sp³-hybridized carbons (Fsp3) is 0.688. The Morgan fingerprint density at radius 2 is 2.10 bits per heavy atom. The fourth-order valence-corrected chi connectivity index (χ4v) is 2.59. The summed E-state index contributed by atoms with van der Waals surface area (Å²) in [6, 6.07) is 1.86. The average molecular weight is 280 g/mol. The van der Waals surface area contributed by atoms with Crippen LogP contribution in [0.5, 0.6) is 5.88 Å². The lowest BCUT2D eigenvalue weighted by Crippen LogP contribution is -2.23. The van der Waals surface area contributed by atoms with Gasteiger partial charge in [0.25, 0.3) is 0 Å². The first kappa shape index (κ1) is 15.2. The Morgan fingerprint density at radius 1 is 1.35 bits per heavy atom. The Hall–Kier alpha value is -1.16. The molecule has 1 aliphatic carbocycles. The number of nitrogens with one attached hydrogen (secondary N) is 1. The smallest absolute Gasteiger partial charge is 0.218 e. The van der Waals surface area contributed by atoms with Gasteiger partial charge in [0.05, 0.1) is 12.8 Å². The van der Waals surface area contributed by atoms with Crippen LogP contribution in [-0.4, -0.2) is 17.6 Å². The van der Waals surface area contributed by atoms with Crippen LogP contribution in [0, 0.1) is 11.7 Å². The lowest BCUT2D eigenvalue weighted by Gasteiger charge is -2.22. The second kappa shape index (κ2) is 7.58. The molecule has 1 fully saturated rings. The summed E-state index contributed by atoms with van der Waals surface area (Å²) < 4.78 is 19.2. The van der Waals surface area contributed by atoms with Gasteiger partial charge in [0, 0.05) is 18.2 Å². The summed E-state index contributed by atoms with van der Waals surface area (Å²) in [5.74, 6) is 0.891. The molecule has 1 heterocycles. The van der Waals surface area contributed by atoms with Gasteiger partial charge in [-0.1, -0.05) is 33.1 Å². The van der Waals surface area contributed by atoms with Crippen molar-refractivity contribution >= 4 is 0 Å². The van der Waals surface area contributed by atoms with Gasteiger partial charge in [0.15, 0.2) is 0 Å². The third-order valence-corrected chi connectivity index (χ3v) is 3.77. The number of ether oxygens (including phenoxy) is 1. The fourth-order valence-electron chi connectivity index (χ4n) is 2.59. The van der Waals surface area contributed by atoms with Crippen LogP contribution in [0.1, 0.15) is 51.5 Å². The van der Waals surface area contributed by atoms with Gasteiger partial charge < -0.3 is 10.1 Å². The Labute approximate surface area is 120 Å². The molecule has 1 aromatic rings. The Morgan fingerprint density at radius 3 is 2.80 bits per heavy atom. The molecule has 3 nitrogen and oxygen atoms in total. The molecule has 4 heteroatoms. The van der Waals surface area contributed by atoms with Crippen molar-refractivity contribution in [3.8, 4) is 5.88 Å². The SMILES string of the molecule is CC(C)NCc1cc(F)cnc1OCC1CCCCC1. The van der Waals surface area contributed by atoms with Gasteiger partial charge in [0.2, 0.25) is 5.88 Å². The maximum absolute atomic E-state index is 13.3. The van der Waals surface area contributed by atoms with Gasteiger partial charge in [-0.3, -0.25) is 0 Å². The van der Waals surface area contributed by atoms with Crippen molar-refractivity contribution < 1.29 is 9.13 Å². The van der Waals surface area contributed by atoms with E-state index in [1.54, 1.807) is 0 Å². The molecule has 0 aromatic carbocycles. The van der Waals surface area contributed by atoms with Crippen LogP contribution >= 0.6 is 0 Å². The van der Waals surface area contributed by atoms with Crippen molar-refractivity contribution in [2.75, 3.05) is 6.61 Å².